The van der Waals surface area contributed by atoms with E-state index in [9.17, 15) is 10.0 Å². The molecule has 4 heteroatoms. The van der Waals surface area contributed by atoms with Crippen LogP contribution in [0.15, 0.2) is 78.9 Å². The molecule has 0 aliphatic rings. The Kier molecular flexibility index (Phi) is 5.66. The van der Waals surface area contributed by atoms with Gasteiger partial charge in [-0.2, -0.15) is 0 Å². The highest BCUT2D eigenvalue weighted by Gasteiger charge is 2.23. The lowest BCUT2D eigenvalue weighted by Crippen LogP contribution is -2.27. The molecule has 0 aromatic heterocycles. The molecule has 0 fully saturated rings. The first-order valence-corrected chi connectivity index (χ1v) is 8.55. The van der Waals surface area contributed by atoms with Gasteiger partial charge in [0.2, 0.25) is 0 Å². The fraction of sp³-hybridized carbons (Fsp3) is 0.136. The van der Waals surface area contributed by atoms with Gasteiger partial charge in [-0.15, -0.1) is 0 Å². The van der Waals surface area contributed by atoms with E-state index in [0.717, 1.165) is 28.0 Å². The second kappa shape index (κ2) is 8.32. The molecule has 1 unspecified atom stereocenters. The minimum absolute atomic E-state index is 0.466. The smallest absolute Gasteiger partial charge is 0.255 e. The summed E-state index contributed by atoms with van der Waals surface area (Å²) in [6.07, 6.45) is 0. The summed E-state index contributed by atoms with van der Waals surface area (Å²) in [4.78, 5) is 12.3. The van der Waals surface area contributed by atoms with Crippen LogP contribution in [0.3, 0.4) is 0 Å². The Morgan fingerprint density at radius 1 is 0.962 bits per heavy atom. The normalized spacial score (nSPS) is 11.6. The molecule has 3 rings (SSSR count). The molecule has 3 aromatic carbocycles. The SMILES string of the molecule is CCOc1ccccc1-c1cccc(C(C(=O)NO)c2ccccc2)c1. The molecule has 0 saturated carbocycles. The number of nitrogens with one attached hydrogen (secondary N) is 1. The summed E-state index contributed by atoms with van der Waals surface area (Å²) < 4.78 is 5.73. The molecule has 0 aliphatic heterocycles. The van der Waals surface area contributed by atoms with Gasteiger partial charge in [-0.3, -0.25) is 10.0 Å². The molecular weight excluding hydrogens is 326 g/mol. The van der Waals surface area contributed by atoms with Crippen LogP contribution in [0.1, 0.15) is 24.0 Å². The van der Waals surface area contributed by atoms with E-state index in [4.69, 9.17) is 4.74 Å². The fourth-order valence-corrected chi connectivity index (χ4v) is 3.08. The van der Waals surface area contributed by atoms with Crippen LogP contribution in [0, 0.1) is 0 Å². The van der Waals surface area contributed by atoms with Crippen LogP contribution in [-0.4, -0.2) is 17.7 Å². The maximum Gasteiger partial charge on any atom is 0.255 e. The average Bonchev–Trinajstić information content (AvgIpc) is 2.70. The summed E-state index contributed by atoms with van der Waals surface area (Å²) >= 11 is 0. The summed E-state index contributed by atoms with van der Waals surface area (Å²) in [7, 11) is 0. The van der Waals surface area contributed by atoms with Crippen molar-refractivity contribution in [3.63, 3.8) is 0 Å². The van der Waals surface area contributed by atoms with Gasteiger partial charge in [0, 0.05) is 5.56 Å². The number of carbonyl (C=O) groups is 1. The quantitative estimate of drug-likeness (QED) is 0.513. The third kappa shape index (κ3) is 3.76. The lowest BCUT2D eigenvalue weighted by atomic mass is 9.88. The predicted octanol–water partition coefficient (Wildman–Crippen LogP) is 4.39. The van der Waals surface area contributed by atoms with Crippen molar-refractivity contribution in [3.05, 3.63) is 90.0 Å². The second-order valence-corrected chi connectivity index (χ2v) is 5.87. The first kappa shape index (κ1) is 17.7. The Morgan fingerprint density at radius 3 is 2.38 bits per heavy atom. The van der Waals surface area contributed by atoms with E-state index in [-0.39, 0.29) is 0 Å². The number of amides is 1. The van der Waals surface area contributed by atoms with Gasteiger partial charge >= 0.3 is 0 Å². The van der Waals surface area contributed by atoms with Crippen molar-refractivity contribution in [1.82, 2.24) is 5.48 Å². The molecule has 1 amide bonds. The molecule has 4 nitrogen and oxygen atoms in total. The van der Waals surface area contributed by atoms with Gasteiger partial charge in [0.1, 0.15) is 5.75 Å². The van der Waals surface area contributed by atoms with Gasteiger partial charge in [-0.1, -0.05) is 66.7 Å². The summed E-state index contributed by atoms with van der Waals surface area (Å²) in [6.45, 7) is 2.53. The molecule has 26 heavy (non-hydrogen) atoms. The summed E-state index contributed by atoms with van der Waals surface area (Å²) in [5.74, 6) is -0.262. The van der Waals surface area contributed by atoms with E-state index in [2.05, 4.69) is 0 Å². The van der Waals surface area contributed by atoms with Crippen LogP contribution in [0.5, 0.6) is 5.75 Å². The van der Waals surface area contributed by atoms with Gasteiger partial charge < -0.3 is 4.74 Å². The molecular formula is C22H21NO3. The Labute approximate surface area is 153 Å². The summed E-state index contributed by atoms with van der Waals surface area (Å²) in [5.41, 5.74) is 5.32. The maximum absolute atomic E-state index is 12.3. The topological polar surface area (TPSA) is 58.6 Å². The van der Waals surface area contributed by atoms with E-state index in [1.54, 1.807) is 5.48 Å². The maximum atomic E-state index is 12.3. The number of hydrogen-bond acceptors (Lipinski definition) is 3. The molecule has 0 bridgehead atoms. The summed E-state index contributed by atoms with van der Waals surface area (Å²) in [5, 5.41) is 9.21. The van der Waals surface area contributed by atoms with Crippen LogP contribution in [0.4, 0.5) is 0 Å². The van der Waals surface area contributed by atoms with Crippen molar-refractivity contribution >= 4 is 5.91 Å². The van der Waals surface area contributed by atoms with Crippen LogP contribution >= 0.6 is 0 Å². The Morgan fingerprint density at radius 2 is 1.65 bits per heavy atom. The zero-order valence-electron chi connectivity index (χ0n) is 14.6. The minimum atomic E-state index is -0.597. The molecule has 0 aliphatic carbocycles. The molecule has 0 heterocycles. The molecule has 0 spiro atoms. The third-order valence-electron chi connectivity index (χ3n) is 4.22. The van der Waals surface area contributed by atoms with Gasteiger partial charge in [-0.25, -0.2) is 5.48 Å². The zero-order chi connectivity index (χ0) is 18.4. The van der Waals surface area contributed by atoms with Gasteiger partial charge in [0.15, 0.2) is 0 Å². The number of rotatable bonds is 6. The number of benzene rings is 3. The van der Waals surface area contributed by atoms with E-state index < -0.39 is 11.8 Å². The predicted molar refractivity (Wildman–Crippen MR) is 101 cm³/mol. The van der Waals surface area contributed by atoms with E-state index in [1.807, 2.05) is 85.8 Å². The van der Waals surface area contributed by atoms with Gasteiger partial charge in [0.25, 0.3) is 5.91 Å². The highest BCUT2D eigenvalue weighted by atomic mass is 16.5. The van der Waals surface area contributed by atoms with Crippen LogP contribution < -0.4 is 10.2 Å². The largest absolute Gasteiger partial charge is 0.493 e. The molecule has 0 saturated heterocycles. The standard InChI is InChI=1S/C22H21NO3/c1-2-26-20-14-7-6-13-19(20)17-11-8-12-18(15-17)21(22(24)23-25)16-9-4-3-5-10-16/h3-15,21,25H,2H2,1H3,(H,23,24). The lowest BCUT2D eigenvalue weighted by Gasteiger charge is -2.17. The van der Waals surface area contributed by atoms with Crippen LogP contribution in [0.2, 0.25) is 0 Å². The van der Waals surface area contributed by atoms with Crippen LogP contribution in [-0.2, 0) is 4.79 Å². The van der Waals surface area contributed by atoms with Crippen molar-refractivity contribution in [2.24, 2.45) is 0 Å². The zero-order valence-corrected chi connectivity index (χ0v) is 14.6. The number of para-hydroxylation sites is 1. The average molecular weight is 347 g/mol. The summed E-state index contributed by atoms with van der Waals surface area (Å²) in [6, 6.07) is 25.0. The van der Waals surface area contributed by atoms with Crippen molar-refractivity contribution in [2.45, 2.75) is 12.8 Å². The number of hydrogen-bond donors (Lipinski definition) is 2. The second-order valence-electron chi connectivity index (χ2n) is 5.87. The molecule has 0 radical (unpaired) electrons. The number of hydroxylamine groups is 1. The van der Waals surface area contributed by atoms with Crippen molar-refractivity contribution in [2.75, 3.05) is 6.61 Å². The van der Waals surface area contributed by atoms with E-state index in [0.29, 0.717) is 6.61 Å². The molecule has 1 atom stereocenters. The Bertz CT molecular complexity index is 877. The van der Waals surface area contributed by atoms with Gasteiger partial charge in [-0.05, 0) is 35.7 Å². The van der Waals surface area contributed by atoms with E-state index in [1.165, 1.54) is 0 Å². The number of ether oxygens (including phenoxy) is 1. The molecule has 3 aromatic rings. The number of carbonyl (C=O) groups excluding carboxylic acids is 1. The monoisotopic (exact) mass is 347 g/mol. The Balaban J connectivity index is 2.07. The highest BCUT2D eigenvalue weighted by Crippen LogP contribution is 2.33. The van der Waals surface area contributed by atoms with E-state index >= 15 is 0 Å². The molecule has 2 N–H and O–H groups in total. The minimum Gasteiger partial charge on any atom is -0.493 e. The molecule has 132 valence electrons. The lowest BCUT2D eigenvalue weighted by molar-refractivity contribution is -0.129. The Hall–Kier alpha value is -3.11. The van der Waals surface area contributed by atoms with Gasteiger partial charge in [0.05, 0.1) is 12.5 Å². The van der Waals surface area contributed by atoms with Crippen molar-refractivity contribution in [3.8, 4) is 16.9 Å². The first-order valence-electron chi connectivity index (χ1n) is 8.55. The van der Waals surface area contributed by atoms with Crippen molar-refractivity contribution < 1.29 is 14.7 Å². The third-order valence-corrected chi connectivity index (χ3v) is 4.22. The first-order chi connectivity index (χ1) is 12.7. The van der Waals surface area contributed by atoms with Crippen LogP contribution in [0.25, 0.3) is 11.1 Å². The highest BCUT2D eigenvalue weighted by molar-refractivity contribution is 5.87. The fourth-order valence-electron chi connectivity index (χ4n) is 3.08. The van der Waals surface area contributed by atoms with Crippen molar-refractivity contribution in [1.29, 1.82) is 0 Å².